The number of alkyl halides is 3. The Morgan fingerprint density at radius 3 is 2.41 bits per heavy atom. The zero-order valence-electron chi connectivity index (χ0n) is 13.8. The number of nitrogens with one attached hydrogen (secondary N) is 1. The highest BCUT2D eigenvalue weighted by atomic mass is 19.4. The van der Waals surface area contributed by atoms with E-state index in [9.17, 15) is 22.8 Å². The van der Waals surface area contributed by atoms with Crippen LogP contribution in [-0.2, 0) is 20.5 Å². The molecule has 0 saturated heterocycles. The van der Waals surface area contributed by atoms with Crippen molar-refractivity contribution < 1.29 is 27.5 Å². The van der Waals surface area contributed by atoms with E-state index in [1.165, 1.54) is 18.2 Å². The van der Waals surface area contributed by atoms with E-state index in [4.69, 9.17) is 10.00 Å². The van der Waals surface area contributed by atoms with E-state index in [-0.39, 0.29) is 0 Å². The molecule has 1 amide bonds. The molecule has 0 heterocycles. The van der Waals surface area contributed by atoms with Crippen molar-refractivity contribution in [1.29, 1.82) is 5.26 Å². The fourth-order valence-corrected chi connectivity index (χ4v) is 2.04. The third-order valence-electron chi connectivity index (χ3n) is 3.30. The molecule has 2 aromatic carbocycles. The number of hydrogen-bond donors (Lipinski definition) is 1. The summed E-state index contributed by atoms with van der Waals surface area (Å²) in [6.45, 7) is -0.733. The lowest BCUT2D eigenvalue weighted by molar-refractivity contribution is -0.142. The highest BCUT2D eigenvalue weighted by Gasteiger charge is 2.33. The standard InChI is InChI=1S/C19H13F3N2O3/c20-19(21,22)15-3-1-2-4-16(15)24-17(25)12-27-18(26)10-9-13-5-7-14(11-23)8-6-13/h1-10H,12H2,(H,24,25)/b10-9+. The van der Waals surface area contributed by atoms with E-state index < -0.39 is 35.9 Å². The molecule has 0 bridgehead atoms. The minimum atomic E-state index is -4.62. The van der Waals surface area contributed by atoms with Gasteiger partial charge in [-0.1, -0.05) is 24.3 Å². The molecule has 0 unspecified atom stereocenters. The molecule has 0 saturated carbocycles. The number of amides is 1. The molecular formula is C19H13F3N2O3. The van der Waals surface area contributed by atoms with Crippen LogP contribution in [-0.4, -0.2) is 18.5 Å². The zero-order valence-corrected chi connectivity index (χ0v) is 13.8. The van der Waals surface area contributed by atoms with Crippen molar-refractivity contribution in [3.8, 4) is 6.07 Å². The van der Waals surface area contributed by atoms with E-state index in [2.05, 4.69) is 5.32 Å². The lowest BCUT2D eigenvalue weighted by Crippen LogP contribution is -2.22. The first-order valence-corrected chi connectivity index (χ1v) is 7.60. The Kier molecular flexibility index (Phi) is 6.33. The van der Waals surface area contributed by atoms with Gasteiger partial charge in [0.2, 0.25) is 0 Å². The number of esters is 1. The Bertz CT molecular complexity index is 898. The quantitative estimate of drug-likeness (QED) is 0.638. The Morgan fingerprint density at radius 1 is 1.11 bits per heavy atom. The van der Waals surface area contributed by atoms with Crippen molar-refractivity contribution in [2.24, 2.45) is 0 Å². The summed E-state index contributed by atoms with van der Waals surface area (Å²) in [6.07, 6.45) is -2.14. The van der Waals surface area contributed by atoms with Gasteiger partial charge in [0.05, 0.1) is 22.9 Å². The van der Waals surface area contributed by atoms with Crippen LogP contribution in [0.5, 0.6) is 0 Å². The normalized spacial score (nSPS) is 11.0. The number of carbonyl (C=O) groups excluding carboxylic acids is 2. The summed E-state index contributed by atoms with van der Waals surface area (Å²) in [6, 6.07) is 12.8. The first-order valence-electron chi connectivity index (χ1n) is 7.60. The van der Waals surface area contributed by atoms with Gasteiger partial charge in [-0.25, -0.2) is 4.79 Å². The average Bonchev–Trinajstić information content (AvgIpc) is 2.64. The molecule has 0 spiro atoms. The van der Waals surface area contributed by atoms with Crippen LogP contribution in [0.15, 0.2) is 54.6 Å². The van der Waals surface area contributed by atoms with Crippen LogP contribution in [0.4, 0.5) is 18.9 Å². The molecule has 27 heavy (non-hydrogen) atoms. The van der Waals surface area contributed by atoms with Crippen molar-refractivity contribution in [3.63, 3.8) is 0 Å². The highest BCUT2D eigenvalue weighted by Crippen LogP contribution is 2.34. The summed E-state index contributed by atoms with van der Waals surface area (Å²) in [7, 11) is 0. The van der Waals surface area contributed by atoms with E-state index in [1.54, 1.807) is 24.3 Å². The smallest absolute Gasteiger partial charge is 0.418 e. The predicted octanol–water partition coefficient (Wildman–Crippen LogP) is 3.77. The Morgan fingerprint density at radius 2 is 1.78 bits per heavy atom. The summed E-state index contributed by atoms with van der Waals surface area (Å²) in [5.74, 6) is -1.73. The summed E-state index contributed by atoms with van der Waals surface area (Å²) in [4.78, 5) is 23.3. The molecule has 0 aliphatic heterocycles. The number of para-hydroxylation sites is 1. The number of nitriles is 1. The van der Waals surface area contributed by atoms with Gasteiger partial charge in [-0.15, -0.1) is 0 Å². The van der Waals surface area contributed by atoms with Crippen LogP contribution < -0.4 is 5.32 Å². The minimum absolute atomic E-state index is 0.417. The van der Waals surface area contributed by atoms with Gasteiger partial charge in [-0.05, 0) is 35.9 Å². The van der Waals surface area contributed by atoms with Crippen LogP contribution in [0.25, 0.3) is 6.08 Å². The fourth-order valence-electron chi connectivity index (χ4n) is 2.04. The van der Waals surface area contributed by atoms with Crippen LogP contribution in [0.1, 0.15) is 16.7 Å². The van der Waals surface area contributed by atoms with Crippen molar-refractivity contribution in [1.82, 2.24) is 0 Å². The first-order chi connectivity index (χ1) is 12.8. The Hall–Kier alpha value is -3.60. The van der Waals surface area contributed by atoms with Crippen LogP contribution in [0, 0.1) is 11.3 Å². The molecule has 8 heteroatoms. The summed E-state index contributed by atoms with van der Waals surface area (Å²) < 4.78 is 43.3. The van der Waals surface area contributed by atoms with E-state index in [0.29, 0.717) is 11.1 Å². The van der Waals surface area contributed by atoms with Gasteiger partial charge < -0.3 is 10.1 Å². The van der Waals surface area contributed by atoms with Gasteiger partial charge in [-0.3, -0.25) is 4.79 Å². The number of rotatable bonds is 5. The van der Waals surface area contributed by atoms with E-state index in [0.717, 1.165) is 18.2 Å². The second-order valence-corrected chi connectivity index (χ2v) is 5.27. The SMILES string of the molecule is N#Cc1ccc(/C=C/C(=O)OCC(=O)Nc2ccccc2C(F)(F)F)cc1. The number of hydrogen-bond acceptors (Lipinski definition) is 4. The number of benzene rings is 2. The molecule has 2 rings (SSSR count). The second kappa shape index (κ2) is 8.67. The van der Waals surface area contributed by atoms with Gasteiger partial charge in [0.15, 0.2) is 6.61 Å². The third-order valence-corrected chi connectivity index (χ3v) is 3.30. The maximum atomic E-state index is 12.9. The van der Waals surface area contributed by atoms with Gasteiger partial charge in [0, 0.05) is 6.08 Å². The largest absolute Gasteiger partial charge is 0.452 e. The van der Waals surface area contributed by atoms with Crippen molar-refractivity contribution in [3.05, 3.63) is 71.3 Å². The molecule has 0 aliphatic carbocycles. The van der Waals surface area contributed by atoms with Crippen molar-refractivity contribution in [2.45, 2.75) is 6.18 Å². The highest BCUT2D eigenvalue weighted by molar-refractivity contribution is 5.95. The monoisotopic (exact) mass is 374 g/mol. The maximum absolute atomic E-state index is 12.9. The van der Waals surface area contributed by atoms with Crippen molar-refractivity contribution >= 4 is 23.6 Å². The molecule has 0 radical (unpaired) electrons. The van der Waals surface area contributed by atoms with Crippen LogP contribution >= 0.6 is 0 Å². The number of anilines is 1. The summed E-state index contributed by atoms with van der Waals surface area (Å²) in [5, 5.41) is 10.8. The predicted molar refractivity (Wildman–Crippen MR) is 91.2 cm³/mol. The molecule has 0 aliphatic rings. The Balaban J connectivity index is 1.89. The van der Waals surface area contributed by atoms with Crippen molar-refractivity contribution in [2.75, 3.05) is 11.9 Å². The lowest BCUT2D eigenvalue weighted by atomic mass is 10.1. The second-order valence-electron chi connectivity index (χ2n) is 5.27. The van der Waals surface area contributed by atoms with Crippen LogP contribution in [0.3, 0.4) is 0 Å². The summed E-state index contributed by atoms with van der Waals surface area (Å²) in [5.41, 5.74) is -0.315. The number of halogens is 3. The molecule has 138 valence electrons. The average molecular weight is 374 g/mol. The van der Waals surface area contributed by atoms with E-state index in [1.807, 2.05) is 6.07 Å². The maximum Gasteiger partial charge on any atom is 0.418 e. The first kappa shape index (κ1) is 19.7. The van der Waals surface area contributed by atoms with Gasteiger partial charge >= 0.3 is 12.1 Å². The molecular weight excluding hydrogens is 361 g/mol. The zero-order chi connectivity index (χ0) is 19.9. The topological polar surface area (TPSA) is 79.2 Å². The molecule has 5 nitrogen and oxygen atoms in total. The fraction of sp³-hybridized carbons (Fsp3) is 0.105. The molecule has 0 aromatic heterocycles. The lowest BCUT2D eigenvalue weighted by Gasteiger charge is -2.13. The van der Waals surface area contributed by atoms with Gasteiger partial charge in [0.25, 0.3) is 5.91 Å². The van der Waals surface area contributed by atoms with Gasteiger partial charge in [0.1, 0.15) is 0 Å². The number of ether oxygens (including phenoxy) is 1. The number of carbonyl (C=O) groups is 2. The molecule has 0 atom stereocenters. The van der Waals surface area contributed by atoms with E-state index >= 15 is 0 Å². The minimum Gasteiger partial charge on any atom is -0.452 e. The molecule has 2 aromatic rings. The van der Waals surface area contributed by atoms with Crippen LogP contribution in [0.2, 0.25) is 0 Å². The van der Waals surface area contributed by atoms with Gasteiger partial charge in [-0.2, -0.15) is 18.4 Å². The number of nitrogens with zero attached hydrogens (tertiary/aromatic N) is 1. The molecule has 1 N–H and O–H groups in total. The summed E-state index contributed by atoms with van der Waals surface area (Å²) >= 11 is 0. The molecule has 0 fully saturated rings. The Labute approximate surface area is 152 Å². The third kappa shape index (κ3) is 6.01.